The molecule has 0 aliphatic heterocycles. The smallest absolute Gasteiger partial charge is 0.147 e. The van der Waals surface area contributed by atoms with E-state index >= 15 is 0 Å². The van der Waals surface area contributed by atoms with E-state index < -0.39 is 0 Å². The van der Waals surface area contributed by atoms with Crippen LogP contribution in [0.5, 0.6) is 0 Å². The van der Waals surface area contributed by atoms with E-state index in [1.54, 1.807) is 12.1 Å². The zero-order chi connectivity index (χ0) is 12.0. The summed E-state index contributed by atoms with van der Waals surface area (Å²) in [5.41, 5.74) is 11.6. The number of hydrogen-bond donors (Lipinski definition) is 2. The lowest BCUT2D eigenvalue weighted by Gasteiger charge is -1.93. The van der Waals surface area contributed by atoms with Crippen molar-refractivity contribution in [3.63, 3.8) is 0 Å². The van der Waals surface area contributed by atoms with E-state index in [0.717, 1.165) is 9.26 Å². The lowest BCUT2D eigenvalue weighted by Crippen LogP contribution is -1.89. The van der Waals surface area contributed by atoms with Gasteiger partial charge in [0.25, 0.3) is 0 Å². The minimum absolute atomic E-state index is 0.204. The first-order chi connectivity index (χ1) is 7.59. The van der Waals surface area contributed by atoms with Crippen LogP contribution in [0.25, 0.3) is 0 Å². The van der Waals surface area contributed by atoms with Gasteiger partial charge in [-0.3, -0.25) is 0 Å². The molecule has 0 heterocycles. The first kappa shape index (κ1) is 12.8. The molecule has 16 heavy (non-hydrogen) atoms. The van der Waals surface area contributed by atoms with Crippen molar-refractivity contribution in [3.05, 3.63) is 57.9 Å². The second-order valence-corrected chi connectivity index (χ2v) is 4.32. The number of nitrogen functional groups attached to an aromatic ring is 2. The summed E-state index contributed by atoms with van der Waals surface area (Å²) in [6.45, 7) is 0. The molecule has 0 spiro atoms. The number of para-hydroxylation sites is 1. The van der Waals surface area contributed by atoms with Gasteiger partial charge in [-0.05, 0) is 52.9 Å². The number of hydrogen-bond acceptors (Lipinski definition) is 2. The minimum Gasteiger partial charge on any atom is -0.399 e. The van der Waals surface area contributed by atoms with E-state index in [2.05, 4.69) is 0 Å². The number of benzene rings is 2. The second-order valence-electron chi connectivity index (χ2n) is 3.08. The van der Waals surface area contributed by atoms with Gasteiger partial charge in [-0.25, -0.2) is 4.39 Å². The molecule has 2 aromatic rings. The topological polar surface area (TPSA) is 52.0 Å². The average molecular weight is 330 g/mol. The Morgan fingerprint density at radius 2 is 1.56 bits per heavy atom. The van der Waals surface area contributed by atoms with Gasteiger partial charge < -0.3 is 11.5 Å². The van der Waals surface area contributed by atoms with Crippen LogP contribution < -0.4 is 11.5 Å². The quantitative estimate of drug-likeness (QED) is 0.575. The summed E-state index contributed by atoms with van der Waals surface area (Å²) in [6.07, 6.45) is 0. The molecule has 4 N–H and O–H groups in total. The van der Waals surface area contributed by atoms with E-state index in [0.29, 0.717) is 0 Å². The summed E-state index contributed by atoms with van der Waals surface area (Å²) in [7, 11) is 0. The van der Waals surface area contributed by atoms with E-state index in [1.165, 1.54) is 6.07 Å². The van der Waals surface area contributed by atoms with E-state index in [-0.39, 0.29) is 11.5 Å². The van der Waals surface area contributed by atoms with E-state index in [9.17, 15) is 4.39 Å². The van der Waals surface area contributed by atoms with E-state index in [1.807, 2.05) is 52.9 Å². The monoisotopic (exact) mass is 330 g/mol. The molecule has 2 rings (SSSR count). The molecule has 0 saturated carbocycles. The number of nitrogens with two attached hydrogens (primary N) is 2. The molecule has 84 valence electrons. The average Bonchev–Trinajstić information content (AvgIpc) is 2.26. The van der Waals surface area contributed by atoms with Crippen molar-refractivity contribution in [2.45, 2.75) is 0 Å². The third-order valence-electron chi connectivity index (χ3n) is 1.76. The van der Waals surface area contributed by atoms with Gasteiger partial charge in [0, 0.05) is 9.26 Å². The molecule has 0 aromatic heterocycles. The van der Waals surface area contributed by atoms with Crippen LogP contribution in [0.3, 0.4) is 0 Å². The summed E-state index contributed by atoms with van der Waals surface area (Å²) in [4.78, 5) is 0. The van der Waals surface area contributed by atoms with Crippen LogP contribution in [0.15, 0.2) is 48.5 Å². The lowest BCUT2D eigenvalue weighted by atomic mass is 10.3. The number of rotatable bonds is 0. The van der Waals surface area contributed by atoms with Gasteiger partial charge in [0.2, 0.25) is 0 Å². The molecule has 0 atom stereocenters. The fraction of sp³-hybridized carbons (Fsp3) is 0. The maximum absolute atomic E-state index is 12.4. The Balaban J connectivity index is 0.000000165. The van der Waals surface area contributed by atoms with Crippen LogP contribution in [0, 0.1) is 9.39 Å². The lowest BCUT2D eigenvalue weighted by molar-refractivity contribution is 0.631. The molecule has 0 aliphatic carbocycles. The maximum atomic E-state index is 12.4. The Hall–Kier alpha value is -1.30. The van der Waals surface area contributed by atoms with Crippen molar-refractivity contribution in [1.29, 1.82) is 0 Å². The first-order valence-corrected chi connectivity index (χ1v) is 5.68. The largest absolute Gasteiger partial charge is 0.399 e. The Labute approximate surface area is 108 Å². The minimum atomic E-state index is -0.345. The maximum Gasteiger partial charge on any atom is 0.147 e. The van der Waals surface area contributed by atoms with E-state index in [4.69, 9.17) is 11.5 Å². The molecule has 0 amide bonds. The molecule has 0 aliphatic rings. The molecule has 4 heteroatoms. The zero-order valence-corrected chi connectivity index (χ0v) is 10.7. The first-order valence-electron chi connectivity index (χ1n) is 4.60. The number of anilines is 2. The summed E-state index contributed by atoms with van der Waals surface area (Å²) < 4.78 is 13.3. The normalized spacial score (nSPS) is 9.12. The Kier molecular flexibility index (Phi) is 5.04. The van der Waals surface area contributed by atoms with Crippen LogP contribution in [0.4, 0.5) is 15.8 Å². The highest BCUT2D eigenvalue weighted by Gasteiger charge is 1.95. The second kappa shape index (κ2) is 6.32. The van der Waals surface area contributed by atoms with Gasteiger partial charge in [-0.2, -0.15) is 0 Å². The van der Waals surface area contributed by atoms with Crippen molar-refractivity contribution in [2.24, 2.45) is 0 Å². The predicted octanol–water partition coefficient (Wildman–Crippen LogP) is 3.28. The molecule has 0 fully saturated rings. The number of halogens is 2. The highest BCUT2D eigenvalue weighted by molar-refractivity contribution is 14.1. The summed E-state index contributed by atoms with van der Waals surface area (Å²) in [5, 5.41) is 0. The molecular weight excluding hydrogens is 318 g/mol. The van der Waals surface area contributed by atoms with Crippen LogP contribution in [-0.2, 0) is 0 Å². The fourth-order valence-corrected chi connectivity index (χ4v) is 1.41. The third-order valence-corrected chi connectivity index (χ3v) is 2.43. The van der Waals surface area contributed by atoms with Crippen molar-refractivity contribution in [3.8, 4) is 0 Å². The summed E-state index contributed by atoms with van der Waals surface area (Å²) in [6, 6.07) is 14.2. The molecule has 0 unspecified atom stereocenters. The van der Waals surface area contributed by atoms with Crippen LogP contribution >= 0.6 is 22.6 Å². The van der Waals surface area contributed by atoms with Gasteiger partial charge in [-0.15, -0.1) is 0 Å². The van der Waals surface area contributed by atoms with Crippen LogP contribution in [0.1, 0.15) is 0 Å². The Bertz CT molecular complexity index is 446. The van der Waals surface area contributed by atoms with Gasteiger partial charge in [0.1, 0.15) is 5.82 Å². The molecule has 0 bridgehead atoms. The van der Waals surface area contributed by atoms with Crippen LogP contribution in [0.2, 0.25) is 0 Å². The summed E-state index contributed by atoms with van der Waals surface area (Å²) in [5.74, 6) is -0.345. The van der Waals surface area contributed by atoms with Crippen molar-refractivity contribution >= 4 is 34.0 Å². The van der Waals surface area contributed by atoms with Gasteiger partial charge in [-0.1, -0.05) is 18.2 Å². The Morgan fingerprint density at radius 3 is 1.94 bits per heavy atom. The molecular formula is C12H12FIN2. The van der Waals surface area contributed by atoms with Gasteiger partial charge in [0.05, 0.1) is 5.69 Å². The zero-order valence-electron chi connectivity index (χ0n) is 8.53. The van der Waals surface area contributed by atoms with Crippen LogP contribution in [-0.4, -0.2) is 0 Å². The molecule has 0 saturated heterocycles. The molecule has 2 aromatic carbocycles. The SMILES string of the molecule is Nc1ccc(I)cc1F.Nc1ccccc1. The Morgan fingerprint density at radius 1 is 0.938 bits per heavy atom. The van der Waals surface area contributed by atoms with Crippen molar-refractivity contribution < 1.29 is 4.39 Å². The standard InChI is InChI=1S/C6H5FIN.C6H7N/c7-5-3-4(8)1-2-6(5)9;7-6-4-2-1-3-5-6/h1-3H,9H2;1-5H,7H2. The summed E-state index contributed by atoms with van der Waals surface area (Å²) >= 11 is 2.03. The highest BCUT2D eigenvalue weighted by Crippen LogP contribution is 2.12. The predicted molar refractivity (Wildman–Crippen MR) is 74.4 cm³/mol. The van der Waals surface area contributed by atoms with Gasteiger partial charge >= 0.3 is 0 Å². The third kappa shape index (κ3) is 4.48. The molecule has 2 nitrogen and oxygen atoms in total. The molecule has 0 radical (unpaired) electrons. The fourth-order valence-electron chi connectivity index (χ4n) is 0.955. The van der Waals surface area contributed by atoms with Crippen molar-refractivity contribution in [2.75, 3.05) is 11.5 Å². The van der Waals surface area contributed by atoms with Crippen molar-refractivity contribution in [1.82, 2.24) is 0 Å². The van der Waals surface area contributed by atoms with Gasteiger partial charge in [0.15, 0.2) is 0 Å². The highest BCUT2D eigenvalue weighted by atomic mass is 127.